The molecule has 1 amide bonds. The molecule has 2 rings (SSSR count). The molecule has 8 heteroatoms. The second-order valence-corrected chi connectivity index (χ2v) is 6.40. The molecule has 1 aromatic heterocycles. The van der Waals surface area contributed by atoms with E-state index in [4.69, 9.17) is 34.7 Å². The van der Waals surface area contributed by atoms with Crippen molar-refractivity contribution in [1.29, 1.82) is 0 Å². The Labute approximate surface area is 136 Å². The minimum atomic E-state index is -0.660. The SMILES string of the molecule is Nc1ncc(CNC(=O)C(N)Cc2ccc(Cl)c(Cl)c2)s1. The van der Waals surface area contributed by atoms with Crippen molar-refractivity contribution in [2.24, 2.45) is 5.73 Å². The number of carbonyl (C=O) groups excluding carboxylic acids is 1. The lowest BCUT2D eigenvalue weighted by atomic mass is 10.1. The van der Waals surface area contributed by atoms with E-state index in [1.54, 1.807) is 24.4 Å². The molecule has 0 radical (unpaired) electrons. The molecule has 0 aliphatic heterocycles. The second kappa shape index (κ2) is 7.09. The van der Waals surface area contributed by atoms with Gasteiger partial charge in [0.25, 0.3) is 0 Å². The van der Waals surface area contributed by atoms with Crippen LogP contribution in [0.1, 0.15) is 10.4 Å². The Hall–Kier alpha value is -1.34. The number of hydrogen-bond donors (Lipinski definition) is 3. The number of hydrogen-bond acceptors (Lipinski definition) is 5. The van der Waals surface area contributed by atoms with Crippen LogP contribution < -0.4 is 16.8 Å². The molecule has 0 fully saturated rings. The number of nitrogen functional groups attached to an aromatic ring is 1. The lowest BCUT2D eigenvalue weighted by Crippen LogP contribution is -2.41. The third-order valence-corrected chi connectivity index (χ3v) is 4.35. The quantitative estimate of drug-likeness (QED) is 0.774. The maximum atomic E-state index is 11.9. The van der Waals surface area contributed by atoms with Crippen molar-refractivity contribution >= 4 is 45.6 Å². The molecule has 0 saturated heterocycles. The normalized spacial score (nSPS) is 12.1. The van der Waals surface area contributed by atoms with Crippen LogP contribution in [0.15, 0.2) is 24.4 Å². The average Bonchev–Trinajstić information content (AvgIpc) is 2.86. The maximum Gasteiger partial charge on any atom is 0.237 e. The van der Waals surface area contributed by atoms with Crippen molar-refractivity contribution in [1.82, 2.24) is 10.3 Å². The molecule has 21 heavy (non-hydrogen) atoms. The zero-order valence-electron chi connectivity index (χ0n) is 11.0. The Kier molecular flexibility index (Phi) is 5.41. The molecule has 0 bridgehead atoms. The Morgan fingerprint density at radius 1 is 1.38 bits per heavy atom. The molecular weight excluding hydrogens is 331 g/mol. The molecule has 1 heterocycles. The number of benzene rings is 1. The van der Waals surface area contributed by atoms with Crippen LogP contribution in [-0.2, 0) is 17.8 Å². The number of aromatic nitrogens is 1. The number of rotatable bonds is 5. The lowest BCUT2D eigenvalue weighted by molar-refractivity contribution is -0.122. The van der Waals surface area contributed by atoms with Gasteiger partial charge in [-0.05, 0) is 24.1 Å². The van der Waals surface area contributed by atoms with E-state index in [9.17, 15) is 4.79 Å². The van der Waals surface area contributed by atoms with Gasteiger partial charge in [0.15, 0.2) is 5.13 Å². The first-order chi connectivity index (χ1) is 9.95. The van der Waals surface area contributed by atoms with Gasteiger partial charge in [0.05, 0.1) is 22.6 Å². The zero-order valence-corrected chi connectivity index (χ0v) is 13.3. The van der Waals surface area contributed by atoms with Crippen LogP contribution >= 0.6 is 34.5 Å². The van der Waals surface area contributed by atoms with Crippen LogP contribution in [0.4, 0.5) is 5.13 Å². The molecule has 0 aliphatic rings. The Bertz CT molecular complexity index is 647. The predicted octanol–water partition coefficient (Wildman–Crippen LogP) is 2.22. The summed E-state index contributed by atoms with van der Waals surface area (Å²) in [5.74, 6) is -0.243. The number of halogens is 2. The van der Waals surface area contributed by atoms with Crippen LogP contribution in [0.2, 0.25) is 10.0 Å². The highest BCUT2D eigenvalue weighted by atomic mass is 35.5. The summed E-state index contributed by atoms with van der Waals surface area (Å²) >= 11 is 13.1. The van der Waals surface area contributed by atoms with Gasteiger partial charge < -0.3 is 16.8 Å². The van der Waals surface area contributed by atoms with Crippen molar-refractivity contribution in [2.75, 3.05) is 5.73 Å². The molecule has 0 saturated carbocycles. The number of amides is 1. The van der Waals surface area contributed by atoms with Crippen molar-refractivity contribution in [2.45, 2.75) is 19.0 Å². The van der Waals surface area contributed by atoms with Crippen LogP contribution in [0.3, 0.4) is 0 Å². The fourth-order valence-corrected chi connectivity index (χ4v) is 2.67. The van der Waals surface area contributed by atoms with Crippen molar-refractivity contribution in [3.8, 4) is 0 Å². The molecule has 5 N–H and O–H groups in total. The van der Waals surface area contributed by atoms with Crippen molar-refractivity contribution in [3.05, 3.63) is 44.9 Å². The van der Waals surface area contributed by atoms with Gasteiger partial charge in [-0.25, -0.2) is 4.98 Å². The minimum absolute atomic E-state index is 0.243. The summed E-state index contributed by atoms with van der Waals surface area (Å²) in [7, 11) is 0. The van der Waals surface area contributed by atoms with E-state index in [1.807, 2.05) is 0 Å². The summed E-state index contributed by atoms with van der Waals surface area (Å²) in [6.45, 7) is 0.364. The summed E-state index contributed by atoms with van der Waals surface area (Å²) in [6, 6.07) is 4.53. The smallest absolute Gasteiger partial charge is 0.237 e. The van der Waals surface area contributed by atoms with Crippen LogP contribution in [-0.4, -0.2) is 16.9 Å². The first-order valence-corrected chi connectivity index (χ1v) is 7.70. The first kappa shape index (κ1) is 16.0. The topological polar surface area (TPSA) is 94.0 Å². The molecule has 2 aromatic rings. The Morgan fingerprint density at radius 2 is 2.14 bits per heavy atom. The van der Waals surface area contributed by atoms with E-state index >= 15 is 0 Å². The van der Waals surface area contributed by atoms with Crippen LogP contribution in [0.25, 0.3) is 0 Å². The third-order valence-electron chi connectivity index (χ3n) is 2.78. The highest BCUT2D eigenvalue weighted by Crippen LogP contribution is 2.23. The molecule has 1 aromatic carbocycles. The Morgan fingerprint density at radius 3 is 2.76 bits per heavy atom. The van der Waals surface area contributed by atoms with Gasteiger partial charge in [-0.3, -0.25) is 4.79 Å². The molecular formula is C13H14Cl2N4OS. The van der Waals surface area contributed by atoms with Gasteiger partial charge >= 0.3 is 0 Å². The van der Waals surface area contributed by atoms with Crippen LogP contribution in [0.5, 0.6) is 0 Å². The second-order valence-electron chi connectivity index (χ2n) is 4.44. The first-order valence-electron chi connectivity index (χ1n) is 6.13. The largest absolute Gasteiger partial charge is 0.375 e. The van der Waals surface area contributed by atoms with Gasteiger partial charge in [-0.15, -0.1) is 11.3 Å². The Balaban J connectivity index is 1.88. The van der Waals surface area contributed by atoms with Gasteiger partial charge in [0, 0.05) is 11.1 Å². The highest BCUT2D eigenvalue weighted by Gasteiger charge is 2.14. The summed E-state index contributed by atoms with van der Waals surface area (Å²) in [5, 5.41) is 4.14. The number of thiazole rings is 1. The summed E-state index contributed by atoms with van der Waals surface area (Å²) in [4.78, 5) is 16.7. The highest BCUT2D eigenvalue weighted by molar-refractivity contribution is 7.15. The van der Waals surface area contributed by atoms with Gasteiger partial charge in [-0.2, -0.15) is 0 Å². The fourth-order valence-electron chi connectivity index (χ4n) is 1.72. The van der Waals surface area contributed by atoms with E-state index in [0.717, 1.165) is 10.4 Å². The lowest BCUT2D eigenvalue weighted by Gasteiger charge is -2.12. The average molecular weight is 345 g/mol. The van der Waals surface area contributed by atoms with Crippen molar-refractivity contribution < 1.29 is 4.79 Å². The minimum Gasteiger partial charge on any atom is -0.375 e. The van der Waals surface area contributed by atoms with Gasteiger partial charge in [-0.1, -0.05) is 29.3 Å². The number of anilines is 1. The summed E-state index contributed by atoms with van der Waals surface area (Å²) in [5.41, 5.74) is 12.3. The van der Waals surface area contributed by atoms with E-state index < -0.39 is 6.04 Å². The molecule has 1 unspecified atom stereocenters. The molecule has 112 valence electrons. The van der Waals surface area contributed by atoms with Gasteiger partial charge in [0.2, 0.25) is 5.91 Å². The standard InChI is InChI=1S/C13H14Cl2N4OS/c14-9-2-1-7(3-10(9)15)4-11(16)12(20)18-5-8-6-19-13(17)21-8/h1-3,6,11H,4-5,16H2,(H2,17,19)(H,18,20). The summed E-state index contributed by atoms with van der Waals surface area (Å²) in [6.07, 6.45) is 2.01. The number of nitrogens with one attached hydrogen (secondary N) is 1. The summed E-state index contributed by atoms with van der Waals surface area (Å²) < 4.78 is 0. The number of nitrogens with two attached hydrogens (primary N) is 2. The number of carbonyl (C=O) groups is 1. The van der Waals surface area contributed by atoms with E-state index in [0.29, 0.717) is 28.1 Å². The predicted molar refractivity (Wildman–Crippen MR) is 86.5 cm³/mol. The van der Waals surface area contributed by atoms with Gasteiger partial charge in [0.1, 0.15) is 0 Å². The fraction of sp³-hybridized carbons (Fsp3) is 0.231. The molecule has 1 atom stereocenters. The monoisotopic (exact) mass is 344 g/mol. The number of nitrogens with zero attached hydrogens (tertiary/aromatic N) is 1. The maximum absolute atomic E-state index is 11.9. The van der Waals surface area contributed by atoms with E-state index in [2.05, 4.69) is 10.3 Å². The van der Waals surface area contributed by atoms with Crippen LogP contribution in [0, 0.1) is 0 Å². The molecule has 0 aliphatic carbocycles. The molecule has 5 nitrogen and oxygen atoms in total. The third kappa shape index (κ3) is 4.57. The van der Waals surface area contributed by atoms with Crippen molar-refractivity contribution in [3.63, 3.8) is 0 Å². The zero-order chi connectivity index (χ0) is 15.4. The van der Waals surface area contributed by atoms with E-state index in [-0.39, 0.29) is 5.91 Å². The molecule has 0 spiro atoms. The van der Waals surface area contributed by atoms with E-state index in [1.165, 1.54) is 11.3 Å².